The Balaban J connectivity index is 1.94. The van der Waals surface area contributed by atoms with Gasteiger partial charge in [-0.15, -0.1) is 10.2 Å². The summed E-state index contributed by atoms with van der Waals surface area (Å²) in [4.78, 5) is 26.4. The molecular formula is C19H27N5O2S. The van der Waals surface area contributed by atoms with Gasteiger partial charge in [-0.25, -0.2) is 0 Å². The molecule has 0 saturated heterocycles. The van der Waals surface area contributed by atoms with Crippen LogP contribution in [0.15, 0.2) is 35.7 Å². The second kappa shape index (κ2) is 9.55. The fourth-order valence-corrected chi connectivity index (χ4v) is 3.69. The van der Waals surface area contributed by atoms with Crippen molar-refractivity contribution in [3.05, 3.63) is 36.2 Å². The molecule has 2 aromatic rings. The van der Waals surface area contributed by atoms with Crippen LogP contribution in [0.4, 0.5) is 5.69 Å². The van der Waals surface area contributed by atoms with Crippen LogP contribution in [0.3, 0.4) is 0 Å². The highest BCUT2D eigenvalue weighted by atomic mass is 32.2. The van der Waals surface area contributed by atoms with E-state index in [0.717, 1.165) is 17.7 Å². The molecular weight excluding hydrogens is 362 g/mol. The number of aromatic nitrogens is 3. The van der Waals surface area contributed by atoms with Gasteiger partial charge in [-0.1, -0.05) is 36.9 Å². The van der Waals surface area contributed by atoms with E-state index in [1.165, 1.54) is 16.7 Å². The predicted octanol–water partition coefficient (Wildman–Crippen LogP) is 3.00. The summed E-state index contributed by atoms with van der Waals surface area (Å²) in [6.45, 7) is 7.91. The molecule has 0 saturated carbocycles. The molecule has 1 atom stereocenters. The molecule has 0 bridgehead atoms. The number of benzene rings is 1. The van der Waals surface area contributed by atoms with Crippen LogP contribution >= 0.6 is 11.8 Å². The zero-order valence-electron chi connectivity index (χ0n) is 16.5. The lowest BCUT2D eigenvalue weighted by atomic mass is 10.1. The number of carbonyl (C=O) groups excluding carboxylic acids is 2. The molecule has 146 valence electrons. The van der Waals surface area contributed by atoms with Crippen LogP contribution in [0.1, 0.15) is 39.3 Å². The highest BCUT2D eigenvalue weighted by molar-refractivity contribution is 8.00. The first-order valence-electron chi connectivity index (χ1n) is 9.02. The average molecular weight is 390 g/mol. The largest absolute Gasteiger partial charge is 0.335 e. The first kappa shape index (κ1) is 21.0. The zero-order chi connectivity index (χ0) is 20.0. The number of rotatable bonds is 8. The molecule has 0 radical (unpaired) electrons. The molecule has 8 heteroatoms. The monoisotopic (exact) mass is 389 g/mol. The quantitative estimate of drug-likeness (QED) is 0.702. The maximum absolute atomic E-state index is 12.6. The number of thioether (sulfide) groups is 1. The van der Waals surface area contributed by atoms with Crippen LogP contribution in [0.25, 0.3) is 0 Å². The van der Waals surface area contributed by atoms with Gasteiger partial charge in [-0.2, -0.15) is 0 Å². The Bertz CT molecular complexity index is 790. The number of anilines is 1. The van der Waals surface area contributed by atoms with Crippen LogP contribution in [0.2, 0.25) is 0 Å². The maximum atomic E-state index is 12.6. The lowest BCUT2D eigenvalue weighted by Gasteiger charge is -2.21. The van der Waals surface area contributed by atoms with Crippen LogP contribution < -0.4 is 5.32 Å². The van der Waals surface area contributed by atoms with Crippen molar-refractivity contribution in [3.8, 4) is 0 Å². The molecule has 0 aliphatic rings. The molecule has 0 aliphatic carbocycles. The molecule has 2 amide bonds. The highest BCUT2D eigenvalue weighted by Crippen LogP contribution is 2.24. The van der Waals surface area contributed by atoms with Gasteiger partial charge in [0.25, 0.3) is 0 Å². The van der Waals surface area contributed by atoms with Crippen molar-refractivity contribution in [1.82, 2.24) is 19.7 Å². The number of nitrogens with one attached hydrogen (secondary N) is 1. The Labute approximate surface area is 164 Å². The number of aryl methyl sites for hydroxylation is 1. The Morgan fingerprint density at radius 2 is 1.96 bits per heavy atom. The third-order valence-corrected chi connectivity index (χ3v) is 5.21. The van der Waals surface area contributed by atoms with Crippen molar-refractivity contribution >= 4 is 29.3 Å². The van der Waals surface area contributed by atoms with Crippen LogP contribution in [0.5, 0.6) is 0 Å². The highest BCUT2D eigenvalue weighted by Gasteiger charge is 2.23. The molecule has 2 rings (SSSR count). The van der Waals surface area contributed by atoms with E-state index in [1.54, 1.807) is 13.4 Å². The molecule has 0 aliphatic heterocycles. The lowest BCUT2D eigenvalue weighted by Crippen LogP contribution is -2.39. The molecule has 0 fully saturated rings. The van der Waals surface area contributed by atoms with E-state index in [2.05, 4.69) is 15.5 Å². The minimum absolute atomic E-state index is 0.00134. The topological polar surface area (TPSA) is 80.1 Å². The van der Waals surface area contributed by atoms with E-state index in [0.29, 0.717) is 5.16 Å². The van der Waals surface area contributed by atoms with E-state index >= 15 is 0 Å². The van der Waals surface area contributed by atoms with E-state index in [-0.39, 0.29) is 29.7 Å². The van der Waals surface area contributed by atoms with Crippen molar-refractivity contribution in [1.29, 1.82) is 0 Å². The standard InChI is InChI=1S/C19H27N5O2S/c1-6-15-9-7-8-10-16(15)21-17(25)11-23(5)18(26)14(4)27-19-22-20-12-24(19)13(2)3/h7-10,12-14H,6,11H2,1-5H3,(H,21,25). The number of amides is 2. The summed E-state index contributed by atoms with van der Waals surface area (Å²) in [5.41, 5.74) is 1.86. The van der Waals surface area contributed by atoms with Gasteiger partial charge in [-0.05, 0) is 38.8 Å². The molecule has 1 N–H and O–H groups in total. The van der Waals surface area contributed by atoms with Gasteiger partial charge in [-0.3, -0.25) is 9.59 Å². The van der Waals surface area contributed by atoms with Gasteiger partial charge in [0.15, 0.2) is 5.16 Å². The third kappa shape index (κ3) is 5.56. The van der Waals surface area contributed by atoms with Gasteiger partial charge in [0, 0.05) is 18.8 Å². The first-order valence-corrected chi connectivity index (χ1v) is 9.90. The molecule has 7 nitrogen and oxygen atoms in total. The minimum atomic E-state index is -0.368. The van der Waals surface area contributed by atoms with Gasteiger partial charge in [0.2, 0.25) is 11.8 Å². The van der Waals surface area contributed by atoms with Gasteiger partial charge in [0.1, 0.15) is 6.33 Å². The summed E-state index contributed by atoms with van der Waals surface area (Å²) in [7, 11) is 1.64. The van der Waals surface area contributed by atoms with Crippen molar-refractivity contribution in [2.45, 2.75) is 50.6 Å². The van der Waals surface area contributed by atoms with Crippen LogP contribution in [-0.2, 0) is 16.0 Å². The number of likely N-dealkylation sites (N-methyl/N-ethyl adjacent to an activating group) is 1. The normalized spacial score (nSPS) is 12.1. The molecule has 1 heterocycles. The van der Waals surface area contributed by atoms with Gasteiger partial charge in [0.05, 0.1) is 11.8 Å². The molecule has 1 aromatic heterocycles. The fraction of sp³-hybridized carbons (Fsp3) is 0.474. The predicted molar refractivity (Wildman–Crippen MR) is 108 cm³/mol. The SMILES string of the molecule is CCc1ccccc1NC(=O)CN(C)C(=O)C(C)Sc1nncn1C(C)C. The number of carbonyl (C=O) groups is 2. The summed E-state index contributed by atoms with van der Waals surface area (Å²) < 4.78 is 1.92. The van der Waals surface area contributed by atoms with Crippen molar-refractivity contribution in [2.75, 3.05) is 18.9 Å². The van der Waals surface area contributed by atoms with Gasteiger partial charge < -0.3 is 14.8 Å². The summed E-state index contributed by atoms with van der Waals surface area (Å²) in [5, 5.41) is 11.2. The van der Waals surface area contributed by atoms with Crippen molar-refractivity contribution in [2.24, 2.45) is 0 Å². The third-order valence-electron chi connectivity index (χ3n) is 4.16. The second-order valence-corrected chi connectivity index (χ2v) is 7.94. The Kier molecular flexibility index (Phi) is 7.41. The van der Waals surface area contributed by atoms with Crippen molar-refractivity contribution in [3.63, 3.8) is 0 Å². The lowest BCUT2D eigenvalue weighted by molar-refractivity contribution is -0.132. The van der Waals surface area contributed by atoms with E-state index in [4.69, 9.17) is 0 Å². The van der Waals surface area contributed by atoms with E-state index in [1.807, 2.05) is 56.5 Å². The number of hydrogen-bond acceptors (Lipinski definition) is 5. The summed E-state index contributed by atoms with van der Waals surface area (Å²) >= 11 is 1.35. The first-order chi connectivity index (χ1) is 12.8. The summed E-state index contributed by atoms with van der Waals surface area (Å²) in [6, 6.07) is 7.89. The van der Waals surface area contributed by atoms with Crippen LogP contribution in [-0.4, -0.2) is 50.3 Å². The number of nitrogens with zero attached hydrogens (tertiary/aromatic N) is 4. The minimum Gasteiger partial charge on any atom is -0.335 e. The van der Waals surface area contributed by atoms with E-state index in [9.17, 15) is 9.59 Å². The number of hydrogen-bond donors (Lipinski definition) is 1. The summed E-state index contributed by atoms with van der Waals surface area (Å²) in [6.07, 6.45) is 2.49. The molecule has 1 unspecified atom stereocenters. The molecule has 1 aromatic carbocycles. The Morgan fingerprint density at radius 1 is 1.26 bits per heavy atom. The molecule has 0 spiro atoms. The number of para-hydroxylation sites is 1. The molecule has 27 heavy (non-hydrogen) atoms. The Hall–Kier alpha value is -2.35. The van der Waals surface area contributed by atoms with Crippen LogP contribution in [0, 0.1) is 0 Å². The Morgan fingerprint density at radius 3 is 2.63 bits per heavy atom. The smallest absolute Gasteiger partial charge is 0.243 e. The maximum Gasteiger partial charge on any atom is 0.243 e. The van der Waals surface area contributed by atoms with E-state index < -0.39 is 0 Å². The van der Waals surface area contributed by atoms with Crippen molar-refractivity contribution < 1.29 is 9.59 Å². The average Bonchev–Trinajstić information content (AvgIpc) is 3.09. The van der Waals surface area contributed by atoms with Gasteiger partial charge >= 0.3 is 0 Å². The fourth-order valence-electron chi connectivity index (χ4n) is 2.62. The zero-order valence-corrected chi connectivity index (χ0v) is 17.3. The summed E-state index contributed by atoms with van der Waals surface area (Å²) in [5.74, 6) is -0.341. The second-order valence-electron chi connectivity index (χ2n) is 6.63.